The minimum absolute atomic E-state index is 0.00147. The number of hydrogen-bond donors (Lipinski definition) is 1. The number of aryl methyl sites for hydroxylation is 1. The summed E-state index contributed by atoms with van der Waals surface area (Å²) in [7, 11) is 0. The van der Waals surface area contributed by atoms with Gasteiger partial charge in [0.05, 0.1) is 9.85 Å². The monoisotopic (exact) mass is 288 g/mol. The van der Waals surface area contributed by atoms with Gasteiger partial charge in [0.15, 0.2) is 0 Å². The van der Waals surface area contributed by atoms with Crippen LogP contribution in [-0.2, 0) is 6.54 Å². The van der Waals surface area contributed by atoms with Crippen molar-refractivity contribution in [2.75, 3.05) is 5.32 Å². The number of nitrogens with one attached hydrogen (secondary N) is 1. The molecule has 1 heterocycles. The third-order valence-corrected chi connectivity index (χ3v) is 2.82. The molecule has 2 rings (SSSR count). The molecule has 0 aliphatic rings. The number of nitrogens with zero attached hydrogens (tertiary/aromatic N) is 3. The second-order valence-electron chi connectivity index (χ2n) is 4.35. The maximum absolute atomic E-state index is 10.9. The predicted molar refractivity (Wildman–Crippen MR) is 76.1 cm³/mol. The minimum atomic E-state index is -0.509. The lowest BCUT2D eigenvalue weighted by molar-refractivity contribution is -0.384. The van der Waals surface area contributed by atoms with Crippen molar-refractivity contribution < 1.29 is 9.85 Å². The molecule has 1 aromatic heterocycles. The molecule has 8 heteroatoms. The van der Waals surface area contributed by atoms with Gasteiger partial charge in [-0.2, -0.15) is 0 Å². The number of benzene rings is 1. The Balaban J connectivity index is 2.14. The Morgan fingerprint density at radius 1 is 1.05 bits per heavy atom. The molecule has 1 N–H and O–H groups in total. The van der Waals surface area contributed by atoms with Crippen LogP contribution in [0.15, 0.2) is 36.4 Å². The van der Waals surface area contributed by atoms with Crippen LogP contribution in [0.1, 0.15) is 11.3 Å². The minimum Gasteiger partial charge on any atom is -0.360 e. The van der Waals surface area contributed by atoms with E-state index in [2.05, 4.69) is 10.3 Å². The number of nitro benzene ring substituents is 1. The lowest BCUT2D eigenvalue weighted by atomic mass is 10.2. The van der Waals surface area contributed by atoms with Gasteiger partial charge in [-0.05, 0) is 18.6 Å². The molecule has 0 unspecified atom stereocenters. The average Bonchev–Trinajstić information content (AvgIpc) is 2.45. The van der Waals surface area contributed by atoms with Gasteiger partial charge in [-0.1, -0.05) is 12.1 Å². The first-order valence-corrected chi connectivity index (χ1v) is 6.06. The van der Waals surface area contributed by atoms with E-state index in [1.54, 1.807) is 25.1 Å². The molecule has 0 aliphatic carbocycles. The molecule has 0 radical (unpaired) electrons. The van der Waals surface area contributed by atoms with Crippen molar-refractivity contribution in [3.8, 4) is 0 Å². The third kappa shape index (κ3) is 3.50. The van der Waals surface area contributed by atoms with Crippen molar-refractivity contribution >= 4 is 17.2 Å². The zero-order chi connectivity index (χ0) is 15.4. The fourth-order valence-electron chi connectivity index (χ4n) is 1.75. The van der Waals surface area contributed by atoms with Gasteiger partial charge in [0, 0.05) is 30.4 Å². The van der Waals surface area contributed by atoms with Crippen LogP contribution < -0.4 is 5.32 Å². The second-order valence-corrected chi connectivity index (χ2v) is 4.35. The molecule has 21 heavy (non-hydrogen) atoms. The standard InChI is InChI=1S/C13H12N4O4/c1-9-2-7-12(17(20)21)13(15-9)14-8-10-3-5-11(6-4-10)16(18)19/h2-7H,8H2,1H3,(H,14,15). The molecule has 8 nitrogen and oxygen atoms in total. The number of non-ortho nitro benzene ring substituents is 1. The van der Waals surface area contributed by atoms with Crippen LogP contribution in [-0.4, -0.2) is 14.8 Å². The normalized spacial score (nSPS) is 10.1. The van der Waals surface area contributed by atoms with Crippen LogP contribution in [0.25, 0.3) is 0 Å². The zero-order valence-corrected chi connectivity index (χ0v) is 11.1. The zero-order valence-electron chi connectivity index (χ0n) is 11.1. The summed E-state index contributed by atoms with van der Waals surface area (Å²) in [5.74, 6) is 0.179. The maximum Gasteiger partial charge on any atom is 0.311 e. The van der Waals surface area contributed by atoms with Crippen molar-refractivity contribution in [2.45, 2.75) is 13.5 Å². The highest BCUT2D eigenvalue weighted by molar-refractivity contribution is 5.56. The number of pyridine rings is 1. The van der Waals surface area contributed by atoms with E-state index in [1.807, 2.05) is 0 Å². The Labute approximate surface area is 119 Å². The van der Waals surface area contributed by atoms with Crippen molar-refractivity contribution in [1.82, 2.24) is 4.98 Å². The number of hydrogen-bond acceptors (Lipinski definition) is 6. The summed E-state index contributed by atoms with van der Waals surface area (Å²) in [6.45, 7) is 2.02. The molecule has 0 saturated carbocycles. The van der Waals surface area contributed by atoms with Crippen LogP contribution in [0.4, 0.5) is 17.2 Å². The first kappa shape index (κ1) is 14.4. The van der Waals surface area contributed by atoms with Crippen LogP contribution in [0.2, 0.25) is 0 Å². The summed E-state index contributed by atoms with van der Waals surface area (Å²) in [4.78, 5) is 24.6. The highest BCUT2D eigenvalue weighted by atomic mass is 16.6. The molecular formula is C13H12N4O4. The summed E-state index contributed by atoms with van der Waals surface area (Å²) >= 11 is 0. The highest BCUT2D eigenvalue weighted by Gasteiger charge is 2.15. The van der Waals surface area contributed by atoms with E-state index < -0.39 is 9.85 Å². The summed E-state index contributed by atoms with van der Waals surface area (Å²) in [6, 6.07) is 8.90. The molecule has 1 aromatic carbocycles. The first-order valence-electron chi connectivity index (χ1n) is 6.06. The van der Waals surface area contributed by atoms with E-state index in [1.165, 1.54) is 18.2 Å². The Morgan fingerprint density at radius 2 is 1.71 bits per heavy atom. The van der Waals surface area contributed by atoms with E-state index in [-0.39, 0.29) is 23.7 Å². The Hall–Kier alpha value is -3.03. The molecule has 0 bridgehead atoms. The second kappa shape index (κ2) is 5.95. The number of rotatable bonds is 5. The molecule has 0 amide bonds. The molecular weight excluding hydrogens is 276 g/mol. The van der Waals surface area contributed by atoms with Crippen LogP contribution in [0.3, 0.4) is 0 Å². The fraction of sp³-hybridized carbons (Fsp3) is 0.154. The van der Waals surface area contributed by atoms with Crippen LogP contribution in [0, 0.1) is 27.2 Å². The molecule has 2 aromatic rings. The van der Waals surface area contributed by atoms with E-state index >= 15 is 0 Å². The van der Waals surface area contributed by atoms with Gasteiger partial charge in [0.1, 0.15) is 0 Å². The predicted octanol–water partition coefficient (Wildman–Crippen LogP) is 2.82. The van der Waals surface area contributed by atoms with Crippen molar-refractivity contribution in [3.63, 3.8) is 0 Å². The molecule has 0 atom stereocenters. The van der Waals surface area contributed by atoms with Crippen molar-refractivity contribution in [3.05, 3.63) is 67.9 Å². The van der Waals surface area contributed by atoms with Gasteiger partial charge in [-0.3, -0.25) is 20.2 Å². The highest BCUT2D eigenvalue weighted by Crippen LogP contribution is 2.22. The van der Waals surface area contributed by atoms with Gasteiger partial charge >= 0.3 is 5.69 Å². The van der Waals surface area contributed by atoms with Gasteiger partial charge in [-0.25, -0.2) is 4.98 Å². The van der Waals surface area contributed by atoms with Gasteiger partial charge in [0.25, 0.3) is 5.69 Å². The van der Waals surface area contributed by atoms with Gasteiger partial charge in [-0.15, -0.1) is 0 Å². The third-order valence-electron chi connectivity index (χ3n) is 2.82. The lowest BCUT2D eigenvalue weighted by Crippen LogP contribution is -2.05. The van der Waals surface area contributed by atoms with E-state index in [0.717, 1.165) is 5.56 Å². The lowest BCUT2D eigenvalue weighted by Gasteiger charge is -2.07. The van der Waals surface area contributed by atoms with Gasteiger partial charge < -0.3 is 5.32 Å². The van der Waals surface area contributed by atoms with Gasteiger partial charge in [0.2, 0.25) is 5.82 Å². The van der Waals surface area contributed by atoms with Crippen molar-refractivity contribution in [2.24, 2.45) is 0 Å². The smallest absolute Gasteiger partial charge is 0.311 e. The SMILES string of the molecule is Cc1ccc([N+](=O)[O-])c(NCc2ccc([N+](=O)[O-])cc2)n1. The molecule has 0 aliphatic heterocycles. The largest absolute Gasteiger partial charge is 0.360 e. The van der Waals surface area contributed by atoms with E-state index in [4.69, 9.17) is 0 Å². The topological polar surface area (TPSA) is 111 Å². The summed E-state index contributed by atoms with van der Waals surface area (Å²) in [6.07, 6.45) is 0. The van der Waals surface area contributed by atoms with E-state index in [0.29, 0.717) is 5.69 Å². The molecule has 0 saturated heterocycles. The number of aromatic nitrogens is 1. The maximum atomic E-state index is 10.9. The fourth-order valence-corrected chi connectivity index (χ4v) is 1.75. The van der Waals surface area contributed by atoms with Crippen molar-refractivity contribution in [1.29, 1.82) is 0 Å². The Morgan fingerprint density at radius 3 is 2.29 bits per heavy atom. The van der Waals surface area contributed by atoms with E-state index in [9.17, 15) is 20.2 Å². The van der Waals surface area contributed by atoms with Crippen LogP contribution in [0.5, 0.6) is 0 Å². The van der Waals surface area contributed by atoms with Crippen LogP contribution >= 0.6 is 0 Å². The Bertz CT molecular complexity index is 685. The number of nitro groups is 2. The number of anilines is 1. The average molecular weight is 288 g/mol. The summed E-state index contributed by atoms with van der Waals surface area (Å²) < 4.78 is 0. The molecule has 0 spiro atoms. The summed E-state index contributed by atoms with van der Waals surface area (Å²) in [5.41, 5.74) is 1.31. The Kier molecular flexibility index (Phi) is 4.07. The first-order chi connectivity index (χ1) is 9.97. The quantitative estimate of drug-likeness (QED) is 0.668. The molecule has 108 valence electrons. The summed E-state index contributed by atoms with van der Waals surface area (Å²) in [5, 5.41) is 24.3. The molecule has 0 fully saturated rings.